The van der Waals surface area contributed by atoms with E-state index in [-0.39, 0.29) is 0 Å². The van der Waals surface area contributed by atoms with Gasteiger partial charge in [0.05, 0.1) is 5.69 Å². The van der Waals surface area contributed by atoms with Crippen LogP contribution in [0.3, 0.4) is 0 Å². The van der Waals surface area contributed by atoms with Crippen molar-refractivity contribution in [3.05, 3.63) is 33.9 Å². The Morgan fingerprint density at radius 1 is 1.46 bits per heavy atom. The minimum absolute atomic E-state index is 0.923. The third kappa shape index (κ3) is 1.65. The average molecular weight is 192 g/mol. The second-order valence-corrected chi connectivity index (χ2v) is 4.27. The number of thiazole rings is 1. The second kappa shape index (κ2) is 3.34. The van der Waals surface area contributed by atoms with Crippen molar-refractivity contribution in [3.8, 4) is 0 Å². The molecular weight excluding hydrogens is 180 g/mol. The van der Waals surface area contributed by atoms with Gasteiger partial charge in [-0.25, -0.2) is 4.98 Å². The minimum Gasteiger partial charge on any atom is -0.387 e. The molecule has 0 spiro atoms. The number of allylic oxidation sites excluding steroid dienone is 2. The maximum Gasteiger partial charge on any atom is 0.125 e. The number of hydrogen-bond acceptors (Lipinski definition) is 3. The van der Waals surface area contributed by atoms with E-state index in [4.69, 9.17) is 0 Å². The molecule has 0 unspecified atom stereocenters. The van der Waals surface area contributed by atoms with Gasteiger partial charge in [-0.1, -0.05) is 12.2 Å². The predicted molar refractivity (Wildman–Crippen MR) is 56.7 cm³/mol. The fraction of sp³-hybridized carbons (Fsp3) is 0.300. The Morgan fingerprint density at radius 3 is 2.85 bits per heavy atom. The highest BCUT2D eigenvalue weighted by Crippen LogP contribution is 2.24. The van der Waals surface area contributed by atoms with E-state index in [1.54, 1.807) is 11.3 Å². The highest BCUT2D eigenvalue weighted by Gasteiger charge is 2.07. The summed E-state index contributed by atoms with van der Waals surface area (Å²) in [6, 6.07) is 0. The number of nitrogens with zero attached hydrogens (tertiary/aromatic N) is 1. The van der Waals surface area contributed by atoms with Gasteiger partial charge in [0.1, 0.15) is 5.01 Å². The number of hydrogen-bond donors (Lipinski definition) is 1. The summed E-state index contributed by atoms with van der Waals surface area (Å²) in [4.78, 5) is 5.79. The molecular formula is C10H12N2S. The fourth-order valence-corrected chi connectivity index (χ4v) is 2.11. The average Bonchev–Trinajstić information content (AvgIpc) is 2.49. The molecule has 0 atom stereocenters. The summed E-state index contributed by atoms with van der Waals surface area (Å²) < 4.78 is 0. The molecule has 0 radical (unpaired) electrons. The molecule has 13 heavy (non-hydrogen) atoms. The van der Waals surface area contributed by atoms with Gasteiger partial charge < -0.3 is 5.32 Å². The number of nitrogens with one attached hydrogen (secondary N) is 1. The van der Waals surface area contributed by atoms with Gasteiger partial charge in [-0.2, -0.15) is 0 Å². The van der Waals surface area contributed by atoms with E-state index >= 15 is 0 Å². The van der Waals surface area contributed by atoms with E-state index in [1.165, 1.54) is 10.5 Å². The van der Waals surface area contributed by atoms with Crippen LogP contribution in [0.1, 0.15) is 15.6 Å². The van der Waals surface area contributed by atoms with Crippen LogP contribution in [0, 0.1) is 13.8 Å². The highest BCUT2D eigenvalue weighted by atomic mass is 32.1. The van der Waals surface area contributed by atoms with Crippen molar-refractivity contribution in [2.75, 3.05) is 6.54 Å². The van der Waals surface area contributed by atoms with E-state index in [2.05, 4.69) is 36.3 Å². The monoisotopic (exact) mass is 192 g/mol. The predicted octanol–water partition coefficient (Wildman–Crippen LogP) is 2.26. The van der Waals surface area contributed by atoms with Gasteiger partial charge in [-0.3, -0.25) is 0 Å². The van der Waals surface area contributed by atoms with Gasteiger partial charge in [0, 0.05) is 23.2 Å². The zero-order valence-corrected chi connectivity index (χ0v) is 8.61. The number of aromatic nitrogens is 1. The Morgan fingerprint density at radius 2 is 2.31 bits per heavy atom. The lowest BCUT2D eigenvalue weighted by Crippen LogP contribution is -2.08. The van der Waals surface area contributed by atoms with Gasteiger partial charge in [0.15, 0.2) is 0 Å². The summed E-state index contributed by atoms with van der Waals surface area (Å²) in [5.74, 6) is 0. The van der Waals surface area contributed by atoms with Crippen molar-refractivity contribution >= 4 is 16.9 Å². The normalized spacial score (nSPS) is 15.4. The molecule has 0 aliphatic carbocycles. The molecule has 0 fully saturated rings. The van der Waals surface area contributed by atoms with E-state index in [9.17, 15) is 0 Å². The van der Waals surface area contributed by atoms with Gasteiger partial charge in [0.2, 0.25) is 0 Å². The van der Waals surface area contributed by atoms with Crippen LogP contribution in [0.15, 0.2) is 18.4 Å². The summed E-state index contributed by atoms with van der Waals surface area (Å²) in [6.07, 6.45) is 6.26. The van der Waals surface area contributed by atoms with Crippen molar-refractivity contribution < 1.29 is 0 Å². The Hall–Kier alpha value is -1.09. The van der Waals surface area contributed by atoms with Crippen LogP contribution >= 0.6 is 11.3 Å². The number of dihydropyridines is 1. The van der Waals surface area contributed by atoms with Crippen molar-refractivity contribution in [3.63, 3.8) is 0 Å². The zero-order chi connectivity index (χ0) is 9.26. The first-order valence-corrected chi connectivity index (χ1v) is 5.13. The molecule has 2 heterocycles. The van der Waals surface area contributed by atoms with Crippen LogP contribution in [0.4, 0.5) is 0 Å². The van der Waals surface area contributed by atoms with Gasteiger partial charge in [-0.05, 0) is 13.8 Å². The van der Waals surface area contributed by atoms with E-state index in [1.807, 2.05) is 6.20 Å². The lowest BCUT2D eigenvalue weighted by molar-refractivity contribution is 0.975. The summed E-state index contributed by atoms with van der Waals surface area (Å²) in [5.41, 5.74) is 2.33. The number of rotatable bonds is 1. The summed E-state index contributed by atoms with van der Waals surface area (Å²) in [7, 11) is 0. The SMILES string of the molecule is Cc1nc(C2=CNCC=C2)sc1C. The smallest absolute Gasteiger partial charge is 0.125 e. The van der Waals surface area contributed by atoms with Crippen LogP contribution in [-0.2, 0) is 0 Å². The van der Waals surface area contributed by atoms with E-state index < -0.39 is 0 Å². The standard InChI is InChI=1S/C10H12N2S/c1-7-8(2)13-10(12-7)9-4-3-5-11-6-9/h3-4,6,11H,5H2,1-2H3. The third-order valence-corrected chi connectivity index (χ3v) is 3.19. The first-order chi connectivity index (χ1) is 6.27. The zero-order valence-electron chi connectivity index (χ0n) is 7.79. The summed E-state index contributed by atoms with van der Waals surface area (Å²) in [5, 5.41) is 4.29. The quantitative estimate of drug-likeness (QED) is 0.738. The van der Waals surface area contributed by atoms with Crippen molar-refractivity contribution in [2.45, 2.75) is 13.8 Å². The summed E-state index contributed by atoms with van der Waals surface area (Å²) >= 11 is 1.75. The molecule has 2 rings (SSSR count). The third-order valence-electron chi connectivity index (χ3n) is 2.07. The molecule has 1 aromatic heterocycles. The van der Waals surface area contributed by atoms with Gasteiger partial charge >= 0.3 is 0 Å². The Bertz CT molecular complexity index is 355. The van der Waals surface area contributed by atoms with Crippen LogP contribution in [0.2, 0.25) is 0 Å². The van der Waals surface area contributed by atoms with E-state index in [0.29, 0.717) is 0 Å². The molecule has 1 aromatic rings. The Kier molecular flexibility index (Phi) is 2.19. The first-order valence-electron chi connectivity index (χ1n) is 4.32. The summed E-state index contributed by atoms with van der Waals surface area (Å²) in [6.45, 7) is 5.08. The van der Waals surface area contributed by atoms with E-state index in [0.717, 1.165) is 17.2 Å². The largest absolute Gasteiger partial charge is 0.387 e. The van der Waals surface area contributed by atoms with Crippen LogP contribution < -0.4 is 5.32 Å². The van der Waals surface area contributed by atoms with Crippen LogP contribution in [-0.4, -0.2) is 11.5 Å². The molecule has 1 aliphatic rings. The Labute approximate surface area is 82.0 Å². The van der Waals surface area contributed by atoms with Crippen molar-refractivity contribution in [1.82, 2.24) is 10.3 Å². The molecule has 0 saturated heterocycles. The fourth-order valence-electron chi connectivity index (χ4n) is 1.20. The Balaban J connectivity index is 2.35. The topological polar surface area (TPSA) is 24.9 Å². The molecule has 2 nitrogen and oxygen atoms in total. The maximum absolute atomic E-state index is 4.49. The van der Waals surface area contributed by atoms with Crippen molar-refractivity contribution in [2.24, 2.45) is 0 Å². The molecule has 0 saturated carbocycles. The van der Waals surface area contributed by atoms with Gasteiger partial charge in [-0.15, -0.1) is 11.3 Å². The lowest BCUT2D eigenvalue weighted by Gasteiger charge is -2.04. The molecule has 0 aromatic carbocycles. The highest BCUT2D eigenvalue weighted by molar-refractivity contribution is 7.12. The molecule has 0 bridgehead atoms. The first kappa shape index (κ1) is 8.51. The van der Waals surface area contributed by atoms with Crippen molar-refractivity contribution in [1.29, 1.82) is 0 Å². The number of aryl methyl sites for hydroxylation is 2. The second-order valence-electron chi connectivity index (χ2n) is 3.07. The molecule has 1 aliphatic heterocycles. The van der Waals surface area contributed by atoms with Gasteiger partial charge in [0.25, 0.3) is 0 Å². The molecule has 3 heteroatoms. The molecule has 0 amide bonds. The maximum atomic E-state index is 4.49. The van der Waals surface area contributed by atoms with Crippen LogP contribution in [0.25, 0.3) is 5.57 Å². The molecule has 68 valence electrons. The minimum atomic E-state index is 0.923. The lowest BCUT2D eigenvalue weighted by atomic mass is 10.2. The van der Waals surface area contributed by atoms with Crippen LogP contribution in [0.5, 0.6) is 0 Å². The molecule has 1 N–H and O–H groups in total.